The molecular formula is C54H119N9O. The zero-order valence-electron chi connectivity index (χ0n) is 50.4. The molecule has 0 fully saturated rings. The van der Waals surface area contributed by atoms with Gasteiger partial charge in [0.05, 0.1) is 20.1 Å². The van der Waals surface area contributed by atoms with Crippen molar-refractivity contribution in [1.82, 2.24) is 44.5 Å². The molecule has 0 amide bonds. The summed E-state index contributed by atoms with van der Waals surface area (Å²) in [5, 5.41) is 16.6. The van der Waals surface area contributed by atoms with E-state index in [1.807, 2.05) is 0 Å². The van der Waals surface area contributed by atoms with Gasteiger partial charge in [-0.3, -0.25) is 34.7 Å². The minimum Gasteiger partial charge on any atom is -0.381 e. The fourth-order valence-electron chi connectivity index (χ4n) is 12.3. The van der Waals surface area contributed by atoms with E-state index in [4.69, 9.17) is 0 Å². The van der Waals surface area contributed by atoms with E-state index in [0.29, 0.717) is 13.3 Å². The number of hydrogen-bond donors (Lipinski definition) is 2. The van der Waals surface area contributed by atoms with Gasteiger partial charge in [-0.25, -0.2) is 9.80 Å². The summed E-state index contributed by atoms with van der Waals surface area (Å²) >= 11 is 0. The Bertz CT molecular complexity index is 1230. The Hall–Kier alpha value is -0.400. The first-order valence-corrected chi connectivity index (χ1v) is 25.0. The van der Waals surface area contributed by atoms with Crippen LogP contribution in [0, 0.1) is 0 Å². The van der Waals surface area contributed by atoms with E-state index in [9.17, 15) is 5.11 Å². The maximum absolute atomic E-state index is 12.3. The molecule has 0 aliphatic heterocycles. The Labute approximate surface area is 403 Å². The minimum atomic E-state index is -0.291. The lowest BCUT2D eigenvalue weighted by molar-refractivity contribution is -0.246. The predicted octanol–water partition coefficient (Wildman–Crippen LogP) is 12.3. The standard InChI is InChI=1S/C54H119N9O/c1-43(2,3)58(44(4,5)6)40(59(45(7,8)9)46(10,11)12)55-37-56(41(60(47(13,14)15)48(16,17)18)61(49(19,20)21)50(22,23)24)38-57(39-64)42(62(51(25,26)27)52(28,29)30)63(53(31,32)33)54(34,35)36/h40-42,55,64H,37-39H2,1-36H3. The van der Waals surface area contributed by atoms with Gasteiger partial charge >= 0.3 is 0 Å². The molecule has 0 aliphatic rings. The molecule has 0 unspecified atom stereocenters. The lowest BCUT2D eigenvalue weighted by Crippen LogP contribution is -2.78. The van der Waals surface area contributed by atoms with Gasteiger partial charge in [-0.2, -0.15) is 0 Å². The van der Waals surface area contributed by atoms with Crippen LogP contribution in [0.15, 0.2) is 0 Å². The Morgan fingerprint density at radius 1 is 0.281 bits per heavy atom. The van der Waals surface area contributed by atoms with Crippen LogP contribution in [0.1, 0.15) is 249 Å². The first-order valence-electron chi connectivity index (χ1n) is 25.0. The summed E-state index contributed by atoms with van der Waals surface area (Å²) in [6.45, 7) is 85.7. The molecule has 386 valence electrons. The smallest absolute Gasteiger partial charge is 0.124 e. The van der Waals surface area contributed by atoms with Gasteiger partial charge in [-0.15, -0.1) is 0 Å². The molecule has 0 saturated heterocycles. The van der Waals surface area contributed by atoms with Gasteiger partial charge in [0.2, 0.25) is 0 Å². The van der Waals surface area contributed by atoms with Gasteiger partial charge in [-0.1, -0.05) is 0 Å². The van der Waals surface area contributed by atoms with Crippen LogP contribution in [0.5, 0.6) is 0 Å². The highest BCUT2D eigenvalue weighted by molar-refractivity contribution is 5.03. The summed E-state index contributed by atoms with van der Waals surface area (Å²) in [5.74, 6) is 0. The van der Waals surface area contributed by atoms with E-state index in [2.05, 4.69) is 294 Å². The van der Waals surface area contributed by atoms with Crippen molar-refractivity contribution in [3.05, 3.63) is 0 Å². The van der Waals surface area contributed by atoms with Crippen molar-refractivity contribution in [2.24, 2.45) is 0 Å². The van der Waals surface area contributed by atoms with Gasteiger partial charge in [0.1, 0.15) is 18.9 Å². The molecule has 10 nitrogen and oxygen atoms in total. The van der Waals surface area contributed by atoms with E-state index in [-0.39, 0.29) is 92.1 Å². The second-order valence-corrected chi connectivity index (χ2v) is 31.2. The Morgan fingerprint density at radius 2 is 0.453 bits per heavy atom. The zero-order chi connectivity index (χ0) is 52.2. The first-order chi connectivity index (χ1) is 27.4. The van der Waals surface area contributed by atoms with Crippen LogP contribution in [0.3, 0.4) is 0 Å². The van der Waals surface area contributed by atoms with E-state index in [1.165, 1.54) is 0 Å². The summed E-state index contributed by atoms with van der Waals surface area (Å²) in [5.41, 5.74) is -2.82. The van der Waals surface area contributed by atoms with Crippen molar-refractivity contribution in [1.29, 1.82) is 0 Å². The number of nitrogens with one attached hydrogen (secondary N) is 1. The number of hydrogen-bond acceptors (Lipinski definition) is 10. The molecule has 0 aromatic heterocycles. The number of aliphatic hydroxyl groups is 1. The second-order valence-electron chi connectivity index (χ2n) is 31.2. The molecule has 0 bridgehead atoms. The molecule has 0 radical (unpaired) electrons. The molecule has 0 aromatic carbocycles. The van der Waals surface area contributed by atoms with Crippen molar-refractivity contribution in [3.63, 3.8) is 0 Å². The van der Waals surface area contributed by atoms with Crippen LogP contribution < -0.4 is 5.32 Å². The number of aliphatic hydroxyl groups excluding tert-OH is 1. The maximum atomic E-state index is 12.3. The molecule has 0 heterocycles. The van der Waals surface area contributed by atoms with Gasteiger partial charge in [0.25, 0.3) is 0 Å². The van der Waals surface area contributed by atoms with Crippen molar-refractivity contribution in [3.8, 4) is 0 Å². The number of rotatable bonds is 14. The number of nitrogens with zero attached hydrogens (tertiary/aromatic N) is 8. The molecule has 0 atom stereocenters. The normalized spacial score (nSPS) is 16.1. The largest absolute Gasteiger partial charge is 0.381 e. The van der Waals surface area contributed by atoms with E-state index in [0.717, 1.165) is 0 Å². The van der Waals surface area contributed by atoms with Crippen molar-refractivity contribution in [2.45, 2.75) is 335 Å². The van der Waals surface area contributed by atoms with E-state index < -0.39 is 0 Å². The predicted molar refractivity (Wildman–Crippen MR) is 283 cm³/mol. The summed E-state index contributed by atoms with van der Waals surface area (Å²) < 4.78 is 0. The molecule has 0 aromatic rings. The van der Waals surface area contributed by atoms with Crippen LogP contribution in [0.25, 0.3) is 0 Å². The highest BCUT2D eigenvalue weighted by Gasteiger charge is 2.54. The highest BCUT2D eigenvalue weighted by atomic mass is 16.3. The van der Waals surface area contributed by atoms with Crippen LogP contribution in [0.2, 0.25) is 0 Å². The van der Waals surface area contributed by atoms with Crippen LogP contribution in [0.4, 0.5) is 0 Å². The third kappa shape index (κ3) is 17.2. The van der Waals surface area contributed by atoms with E-state index >= 15 is 0 Å². The first kappa shape index (κ1) is 63.6. The van der Waals surface area contributed by atoms with Gasteiger partial charge in [-0.05, 0) is 249 Å². The molecule has 0 spiro atoms. The SMILES string of the molecule is CC(C)(C)N(C(NCN(CN(CO)C(N(C(C)(C)C)C(C)(C)C)N(C(C)(C)C)C(C)(C)C)C(N(C(C)(C)C)C(C)(C)C)N(C(C)(C)C)C(C)(C)C)N(C(C)(C)C)C(C)(C)C)C(C)(C)C. The van der Waals surface area contributed by atoms with E-state index in [1.54, 1.807) is 0 Å². The lowest BCUT2D eigenvalue weighted by atomic mass is 9.91. The average Bonchev–Trinajstić information content (AvgIpc) is 2.87. The Kier molecular flexibility index (Phi) is 20.0. The average molecular weight is 911 g/mol. The molecular weight excluding hydrogens is 791 g/mol. The van der Waals surface area contributed by atoms with Gasteiger partial charge < -0.3 is 5.11 Å². The van der Waals surface area contributed by atoms with Crippen molar-refractivity contribution in [2.75, 3.05) is 20.1 Å². The van der Waals surface area contributed by atoms with Crippen molar-refractivity contribution >= 4 is 0 Å². The fourth-order valence-corrected chi connectivity index (χ4v) is 12.3. The molecule has 0 saturated carbocycles. The summed E-state index contributed by atoms with van der Waals surface area (Å²) in [7, 11) is 0. The third-order valence-electron chi connectivity index (χ3n) is 11.8. The quantitative estimate of drug-likeness (QED) is 0.165. The Balaban J connectivity index is 9.48. The van der Waals surface area contributed by atoms with Crippen molar-refractivity contribution < 1.29 is 5.11 Å². The fraction of sp³-hybridized carbons (Fsp3) is 1.00. The van der Waals surface area contributed by atoms with Gasteiger partial charge in [0, 0.05) is 66.5 Å². The van der Waals surface area contributed by atoms with Crippen LogP contribution in [-0.4, -0.2) is 150 Å². The zero-order valence-corrected chi connectivity index (χ0v) is 50.4. The van der Waals surface area contributed by atoms with Crippen LogP contribution >= 0.6 is 0 Å². The monoisotopic (exact) mass is 910 g/mol. The molecule has 10 heteroatoms. The molecule has 64 heavy (non-hydrogen) atoms. The van der Waals surface area contributed by atoms with Gasteiger partial charge in [0.15, 0.2) is 0 Å². The molecule has 2 N–H and O–H groups in total. The summed E-state index contributed by atoms with van der Waals surface area (Å²) in [6, 6.07) is 0. The Morgan fingerprint density at radius 3 is 0.609 bits per heavy atom. The topological polar surface area (TPSA) is 58.2 Å². The highest BCUT2D eigenvalue weighted by Crippen LogP contribution is 2.42. The summed E-state index contributed by atoms with van der Waals surface area (Å²) in [4.78, 5) is 21.2. The minimum absolute atomic E-state index is 0.134. The lowest BCUT2D eigenvalue weighted by Gasteiger charge is -2.64. The summed E-state index contributed by atoms with van der Waals surface area (Å²) in [6.07, 6.45) is -0.687. The molecule has 0 rings (SSSR count). The third-order valence-corrected chi connectivity index (χ3v) is 11.8. The second kappa shape index (κ2) is 20.1. The molecule has 0 aliphatic carbocycles. The van der Waals surface area contributed by atoms with Crippen LogP contribution in [-0.2, 0) is 0 Å². The maximum Gasteiger partial charge on any atom is 0.124 e.